The van der Waals surface area contributed by atoms with Crippen LogP contribution in [0.4, 0.5) is 0 Å². The van der Waals surface area contributed by atoms with Crippen LogP contribution in [0.5, 0.6) is 0 Å². The molecule has 1 fully saturated rings. The van der Waals surface area contributed by atoms with Gasteiger partial charge in [-0.3, -0.25) is 9.69 Å². The summed E-state index contributed by atoms with van der Waals surface area (Å²) in [6.45, 7) is 3.99. The molecule has 1 heterocycles. The molecule has 1 amide bonds. The van der Waals surface area contributed by atoms with E-state index in [1.807, 2.05) is 0 Å². The lowest BCUT2D eigenvalue weighted by molar-refractivity contribution is -0.120. The maximum atomic E-state index is 11.1. The zero-order valence-electron chi connectivity index (χ0n) is 11.6. The van der Waals surface area contributed by atoms with E-state index in [9.17, 15) is 4.79 Å². The van der Waals surface area contributed by atoms with Crippen molar-refractivity contribution in [3.63, 3.8) is 0 Å². The van der Waals surface area contributed by atoms with Gasteiger partial charge in [0.25, 0.3) is 0 Å². The van der Waals surface area contributed by atoms with Gasteiger partial charge >= 0.3 is 0 Å². The molecular formula is C15H23N3O. The molecule has 0 radical (unpaired) electrons. The van der Waals surface area contributed by atoms with Gasteiger partial charge in [0.1, 0.15) is 0 Å². The second-order valence-electron chi connectivity index (χ2n) is 5.08. The van der Waals surface area contributed by atoms with E-state index in [0.29, 0.717) is 12.5 Å². The number of benzene rings is 1. The number of hydrogen-bond acceptors (Lipinski definition) is 3. The number of likely N-dealkylation sites (tertiary alicyclic amines) is 1. The molecule has 2 N–H and O–H groups in total. The van der Waals surface area contributed by atoms with Gasteiger partial charge < -0.3 is 10.6 Å². The lowest BCUT2D eigenvalue weighted by Gasteiger charge is -2.16. The standard InChI is InChI=1S/C15H23N3O/c1-16-15(19)7-9-17-14-8-10-18(12-14)11-13-5-3-2-4-6-13/h2-6,14,17H,7-12H2,1H3,(H,16,19). The minimum Gasteiger partial charge on any atom is -0.359 e. The molecule has 1 atom stereocenters. The van der Waals surface area contributed by atoms with Gasteiger partial charge in [0, 0.05) is 45.7 Å². The SMILES string of the molecule is CNC(=O)CCNC1CCN(Cc2ccccc2)C1. The summed E-state index contributed by atoms with van der Waals surface area (Å²) in [5, 5.41) is 6.10. The molecule has 0 aliphatic carbocycles. The van der Waals surface area contributed by atoms with Crippen molar-refractivity contribution < 1.29 is 4.79 Å². The first-order valence-electron chi connectivity index (χ1n) is 6.98. The number of nitrogens with one attached hydrogen (secondary N) is 2. The third kappa shape index (κ3) is 4.65. The Bertz CT molecular complexity index is 394. The average Bonchev–Trinajstić information content (AvgIpc) is 2.87. The predicted molar refractivity (Wildman–Crippen MR) is 76.8 cm³/mol. The van der Waals surface area contributed by atoms with Crippen LogP contribution in [0.15, 0.2) is 30.3 Å². The number of carbonyl (C=O) groups is 1. The highest BCUT2D eigenvalue weighted by atomic mass is 16.1. The Morgan fingerprint density at radius 1 is 1.37 bits per heavy atom. The summed E-state index contributed by atoms with van der Waals surface area (Å²) < 4.78 is 0. The maximum Gasteiger partial charge on any atom is 0.221 e. The summed E-state index contributed by atoms with van der Waals surface area (Å²) in [6, 6.07) is 11.1. The minimum absolute atomic E-state index is 0.103. The van der Waals surface area contributed by atoms with E-state index in [2.05, 4.69) is 45.9 Å². The third-order valence-corrected chi connectivity index (χ3v) is 3.59. The van der Waals surface area contributed by atoms with Crippen LogP contribution in [-0.4, -0.2) is 43.5 Å². The summed E-state index contributed by atoms with van der Waals surface area (Å²) in [5.74, 6) is 0.103. The highest BCUT2D eigenvalue weighted by Gasteiger charge is 2.21. The van der Waals surface area contributed by atoms with Crippen molar-refractivity contribution in [1.29, 1.82) is 0 Å². The van der Waals surface area contributed by atoms with Crippen molar-refractivity contribution in [3.8, 4) is 0 Å². The first kappa shape index (κ1) is 14.0. The second kappa shape index (κ2) is 7.26. The Morgan fingerprint density at radius 2 is 2.16 bits per heavy atom. The zero-order chi connectivity index (χ0) is 13.5. The Labute approximate surface area is 115 Å². The van der Waals surface area contributed by atoms with E-state index < -0.39 is 0 Å². The van der Waals surface area contributed by atoms with E-state index >= 15 is 0 Å². The number of carbonyl (C=O) groups excluding carboxylic acids is 1. The van der Waals surface area contributed by atoms with Crippen LogP contribution in [0, 0.1) is 0 Å². The Morgan fingerprint density at radius 3 is 2.89 bits per heavy atom. The molecule has 1 aliphatic heterocycles. The summed E-state index contributed by atoms with van der Waals surface area (Å²) in [5.41, 5.74) is 1.37. The molecule has 2 rings (SSSR count). The molecule has 0 saturated carbocycles. The van der Waals surface area contributed by atoms with Crippen LogP contribution in [0.1, 0.15) is 18.4 Å². The lowest BCUT2D eigenvalue weighted by Crippen LogP contribution is -2.35. The second-order valence-corrected chi connectivity index (χ2v) is 5.08. The topological polar surface area (TPSA) is 44.4 Å². The highest BCUT2D eigenvalue weighted by molar-refractivity contribution is 5.75. The highest BCUT2D eigenvalue weighted by Crippen LogP contribution is 2.13. The Kier molecular flexibility index (Phi) is 5.36. The molecule has 0 bridgehead atoms. The van der Waals surface area contributed by atoms with Gasteiger partial charge in [0.15, 0.2) is 0 Å². The van der Waals surface area contributed by atoms with E-state index in [1.54, 1.807) is 7.05 Å². The van der Waals surface area contributed by atoms with E-state index in [-0.39, 0.29) is 5.91 Å². The molecule has 104 valence electrons. The molecule has 4 nitrogen and oxygen atoms in total. The van der Waals surface area contributed by atoms with Crippen LogP contribution < -0.4 is 10.6 Å². The van der Waals surface area contributed by atoms with Crippen molar-refractivity contribution in [2.75, 3.05) is 26.7 Å². The van der Waals surface area contributed by atoms with Crippen molar-refractivity contribution >= 4 is 5.91 Å². The van der Waals surface area contributed by atoms with E-state index in [1.165, 1.54) is 12.0 Å². The number of amides is 1. The number of rotatable bonds is 6. The third-order valence-electron chi connectivity index (χ3n) is 3.59. The Balaban J connectivity index is 1.67. The quantitative estimate of drug-likeness (QED) is 0.802. The van der Waals surface area contributed by atoms with Crippen LogP contribution in [0.25, 0.3) is 0 Å². The minimum atomic E-state index is 0.103. The molecule has 1 aromatic carbocycles. The zero-order valence-corrected chi connectivity index (χ0v) is 11.6. The van der Waals surface area contributed by atoms with Gasteiger partial charge in [-0.1, -0.05) is 30.3 Å². The fourth-order valence-corrected chi connectivity index (χ4v) is 2.50. The van der Waals surface area contributed by atoms with Gasteiger partial charge in [-0.05, 0) is 12.0 Å². The molecule has 1 saturated heterocycles. The first-order valence-corrected chi connectivity index (χ1v) is 6.98. The van der Waals surface area contributed by atoms with Gasteiger partial charge in [-0.15, -0.1) is 0 Å². The summed E-state index contributed by atoms with van der Waals surface area (Å²) in [6.07, 6.45) is 1.73. The largest absolute Gasteiger partial charge is 0.359 e. The lowest BCUT2D eigenvalue weighted by atomic mass is 10.2. The molecule has 0 spiro atoms. The van der Waals surface area contributed by atoms with Gasteiger partial charge in [0.2, 0.25) is 5.91 Å². The Hall–Kier alpha value is -1.39. The van der Waals surface area contributed by atoms with Crippen molar-refractivity contribution in [3.05, 3.63) is 35.9 Å². The van der Waals surface area contributed by atoms with Gasteiger partial charge in [0.05, 0.1) is 0 Å². The smallest absolute Gasteiger partial charge is 0.221 e. The van der Waals surface area contributed by atoms with Crippen LogP contribution >= 0.6 is 0 Å². The van der Waals surface area contributed by atoms with Crippen molar-refractivity contribution in [1.82, 2.24) is 15.5 Å². The van der Waals surface area contributed by atoms with Crippen molar-refractivity contribution in [2.24, 2.45) is 0 Å². The van der Waals surface area contributed by atoms with Crippen LogP contribution in [0.2, 0.25) is 0 Å². The van der Waals surface area contributed by atoms with E-state index in [0.717, 1.165) is 26.2 Å². The molecule has 0 aromatic heterocycles. The molecule has 1 aliphatic rings. The molecule has 4 heteroatoms. The number of nitrogens with zero attached hydrogens (tertiary/aromatic N) is 1. The number of hydrogen-bond donors (Lipinski definition) is 2. The van der Waals surface area contributed by atoms with Gasteiger partial charge in [-0.25, -0.2) is 0 Å². The average molecular weight is 261 g/mol. The first-order chi connectivity index (χ1) is 9.28. The molecular weight excluding hydrogens is 238 g/mol. The fourth-order valence-electron chi connectivity index (χ4n) is 2.50. The summed E-state index contributed by atoms with van der Waals surface area (Å²) in [4.78, 5) is 13.6. The fraction of sp³-hybridized carbons (Fsp3) is 0.533. The monoisotopic (exact) mass is 261 g/mol. The normalized spacial score (nSPS) is 19.5. The van der Waals surface area contributed by atoms with Crippen LogP contribution in [0.3, 0.4) is 0 Å². The van der Waals surface area contributed by atoms with Crippen LogP contribution in [-0.2, 0) is 11.3 Å². The summed E-state index contributed by atoms with van der Waals surface area (Å²) >= 11 is 0. The molecule has 19 heavy (non-hydrogen) atoms. The van der Waals surface area contributed by atoms with Crippen molar-refractivity contribution in [2.45, 2.75) is 25.4 Å². The summed E-state index contributed by atoms with van der Waals surface area (Å²) in [7, 11) is 1.68. The van der Waals surface area contributed by atoms with E-state index in [4.69, 9.17) is 0 Å². The maximum absolute atomic E-state index is 11.1. The van der Waals surface area contributed by atoms with Gasteiger partial charge in [-0.2, -0.15) is 0 Å². The predicted octanol–water partition coefficient (Wildman–Crippen LogP) is 0.987. The molecule has 1 aromatic rings. The molecule has 1 unspecified atom stereocenters.